The number of aromatic nitrogens is 1. The van der Waals surface area contributed by atoms with Crippen LogP contribution in [0.2, 0.25) is 0 Å². The van der Waals surface area contributed by atoms with Crippen molar-refractivity contribution in [1.29, 1.82) is 0 Å². The minimum Gasteiger partial charge on any atom is -0.461 e. The number of carbonyl (C=O) groups excluding carboxylic acids is 1. The number of halogens is 3. The SMILES string of the molecule is CCOC(=O)c1ncc(C)c(CN)c1OC(F)(F)F. The van der Waals surface area contributed by atoms with E-state index in [0.717, 1.165) is 0 Å². The molecule has 0 aliphatic rings. The molecule has 5 nitrogen and oxygen atoms in total. The van der Waals surface area contributed by atoms with E-state index in [1.807, 2.05) is 0 Å². The lowest BCUT2D eigenvalue weighted by Gasteiger charge is -2.16. The lowest BCUT2D eigenvalue weighted by Crippen LogP contribution is -2.22. The summed E-state index contributed by atoms with van der Waals surface area (Å²) in [6.07, 6.45) is -3.70. The smallest absolute Gasteiger partial charge is 0.461 e. The molecule has 0 saturated heterocycles. The van der Waals surface area contributed by atoms with Gasteiger partial charge in [-0.15, -0.1) is 13.2 Å². The normalized spacial score (nSPS) is 11.3. The number of alkyl halides is 3. The highest BCUT2D eigenvalue weighted by molar-refractivity contribution is 5.91. The first-order valence-corrected chi connectivity index (χ1v) is 5.41. The molecule has 1 rings (SSSR count). The second-order valence-corrected chi connectivity index (χ2v) is 3.57. The Morgan fingerprint density at radius 2 is 2.11 bits per heavy atom. The summed E-state index contributed by atoms with van der Waals surface area (Å²) in [6, 6.07) is 0. The summed E-state index contributed by atoms with van der Waals surface area (Å²) in [6.45, 7) is 2.84. The fourth-order valence-corrected chi connectivity index (χ4v) is 1.44. The maximum Gasteiger partial charge on any atom is 0.573 e. The van der Waals surface area contributed by atoms with Crippen molar-refractivity contribution in [2.75, 3.05) is 6.61 Å². The van der Waals surface area contributed by atoms with Gasteiger partial charge in [0.1, 0.15) is 0 Å². The number of hydrogen-bond acceptors (Lipinski definition) is 5. The molecule has 0 spiro atoms. The number of carbonyl (C=O) groups is 1. The molecule has 1 heterocycles. The Kier molecular flexibility index (Phi) is 4.71. The number of esters is 1. The van der Waals surface area contributed by atoms with Gasteiger partial charge in [0.25, 0.3) is 0 Å². The Morgan fingerprint density at radius 3 is 2.58 bits per heavy atom. The Bertz CT molecular complexity index is 475. The third-order valence-corrected chi connectivity index (χ3v) is 2.24. The standard InChI is InChI=1S/C11H13F3N2O3/c1-3-18-10(17)8-9(19-11(12,13)14)7(4-15)6(2)5-16-8/h5H,3-4,15H2,1-2H3. The predicted molar refractivity (Wildman–Crippen MR) is 59.5 cm³/mol. The molecule has 0 aromatic carbocycles. The van der Waals surface area contributed by atoms with E-state index in [1.54, 1.807) is 0 Å². The van der Waals surface area contributed by atoms with E-state index >= 15 is 0 Å². The van der Waals surface area contributed by atoms with E-state index in [4.69, 9.17) is 5.73 Å². The number of aryl methyl sites for hydroxylation is 1. The molecule has 0 bridgehead atoms. The Labute approximate surface area is 107 Å². The fraction of sp³-hybridized carbons (Fsp3) is 0.455. The Hall–Kier alpha value is -1.83. The van der Waals surface area contributed by atoms with E-state index in [0.29, 0.717) is 5.56 Å². The molecule has 106 valence electrons. The van der Waals surface area contributed by atoms with E-state index in [9.17, 15) is 18.0 Å². The van der Waals surface area contributed by atoms with Gasteiger partial charge in [0.2, 0.25) is 0 Å². The predicted octanol–water partition coefficient (Wildman–Crippen LogP) is 1.92. The van der Waals surface area contributed by atoms with Gasteiger partial charge >= 0.3 is 12.3 Å². The Morgan fingerprint density at radius 1 is 1.47 bits per heavy atom. The summed E-state index contributed by atoms with van der Waals surface area (Å²) >= 11 is 0. The largest absolute Gasteiger partial charge is 0.573 e. The zero-order chi connectivity index (χ0) is 14.6. The first kappa shape index (κ1) is 15.2. The second-order valence-electron chi connectivity index (χ2n) is 3.57. The van der Waals surface area contributed by atoms with Crippen molar-refractivity contribution in [3.8, 4) is 5.75 Å². The van der Waals surface area contributed by atoms with Crippen molar-refractivity contribution in [2.24, 2.45) is 5.73 Å². The second kappa shape index (κ2) is 5.87. The van der Waals surface area contributed by atoms with Crippen LogP contribution in [0.3, 0.4) is 0 Å². The van der Waals surface area contributed by atoms with Crippen LogP contribution < -0.4 is 10.5 Å². The van der Waals surface area contributed by atoms with Gasteiger partial charge in [-0.2, -0.15) is 0 Å². The van der Waals surface area contributed by atoms with Crippen LogP contribution in [0.25, 0.3) is 0 Å². The molecule has 19 heavy (non-hydrogen) atoms. The molecule has 0 aliphatic heterocycles. The molecule has 0 saturated carbocycles. The van der Waals surface area contributed by atoms with E-state index in [2.05, 4.69) is 14.5 Å². The summed E-state index contributed by atoms with van der Waals surface area (Å²) in [7, 11) is 0. The number of nitrogens with zero attached hydrogens (tertiary/aromatic N) is 1. The molecular formula is C11H13F3N2O3. The van der Waals surface area contributed by atoms with E-state index in [-0.39, 0.29) is 18.7 Å². The van der Waals surface area contributed by atoms with Gasteiger partial charge in [-0.1, -0.05) is 0 Å². The van der Waals surface area contributed by atoms with Crippen LogP contribution in [0.4, 0.5) is 13.2 Å². The van der Waals surface area contributed by atoms with E-state index in [1.165, 1.54) is 20.0 Å². The number of ether oxygens (including phenoxy) is 2. The van der Waals surface area contributed by atoms with E-state index < -0.39 is 23.8 Å². The summed E-state index contributed by atoms with van der Waals surface area (Å²) in [4.78, 5) is 15.2. The lowest BCUT2D eigenvalue weighted by molar-refractivity contribution is -0.275. The fourth-order valence-electron chi connectivity index (χ4n) is 1.44. The lowest BCUT2D eigenvalue weighted by atomic mass is 10.1. The zero-order valence-electron chi connectivity index (χ0n) is 10.4. The zero-order valence-corrected chi connectivity index (χ0v) is 10.4. The van der Waals surface area contributed by atoms with Gasteiger partial charge in [-0.05, 0) is 19.4 Å². The van der Waals surface area contributed by atoms with Crippen molar-refractivity contribution in [3.63, 3.8) is 0 Å². The highest BCUT2D eigenvalue weighted by Crippen LogP contribution is 2.31. The number of rotatable bonds is 4. The molecule has 0 fully saturated rings. The van der Waals surface area contributed by atoms with Crippen LogP contribution >= 0.6 is 0 Å². The highest BCUT2D eigenvalue weighted by atomic mass is 19.4. The average Bonchev–Trinajstić information content (AvgIpc) is 2.27. The minimum absolute atomic E-state index is 0.0117. The van der Waals surface area contributed by atoms with Gasteiger partial charge in [0, 0.05) is 18.3 Å². The van der Waals surface area contributed by atoms with Gasteiger partial charge in [-0.3, -0.25) is 0 Å². The topological polar surface area (TPSA) is 74.4 Å². The molecule has 8 heteroatoms. The summed E-state index contributed by atoms with van der Waals surface area (Å²) in [5.41, 5.74) is 5.31. The van der Waals surface area contributed by atoms with Crippen LogP contribution in [0, 0.1) is 6.92 Å². The molecule has 0 radical (unpaired) electrons. The average molecular weight is 278 g/mol. The first-order valence-electron chi connectivity index (χ1n) is 5.41. The van der Waals surface area contributed by atoms with Crippen molar-refractivity contribution >= 4 is 5.97 Å². The summed E-state index contributed by atoms with van der Waals surface area (Å²) in [5, 5.41) is 0. The summed E-state index contributed by atoms with van der Waals surface area (Å²) < 4.78 is 45.6. The van der Waals surface area contributed by atoms with Crippen LogP contribution in [-0.4, -0.2) is 23.9 Å². The maximum atomic E-state index is 12.4. The molecule has 2 N–H and O–H groups in total. The van der Waals surface area contributed by atoms with Gasteiger partial charge in [0.15, 0.2) is 11.4 Å². The van der Waals surface area contributed by atoms with Gasteiger partial charge in [0.05, 0.1) is 6.61 Å². The third-order valence-electron chi connectivity index (χ3n) is 2.24. The van der Waals surface area contributed by atoms with Crippen LogP contribution in [-0.2, 0) is 11.3 Å². The number of pyridine rings is 1. The molecule has 0 atom stereocenters. The monoisotopic (exact) mass is 278 g/mol. The van der Waals surface area contributed by atoms with Crippen molar-refractivity contribution < 1.29 is 27.4 Å². The van der Waals surface area contributed by atoms with Crippen LogP contribution in [0.15, 0.2) is 6.20 Å². The minimum atomic E-state index is -4.94. The molecule has 1 aromatic heterocycles. The summed E-state index contributed by atoms with van der Waals surface area (Å²) in [5.74, 6) is -1.69. The van der Waals surface area contributed by atoms with Gasteiger partial charge < -0.3 is 15.2 Å². The third kappa shape index (κ3) is 3.82. The van der Waals surface area contributed by atoms with Crippen molar-refractivity contribution in [3.05, 3.63) is 23.0 Å². The number of nitrogens with two attached hydrogens (primary N) is 1. The molecule has 0 aliphatic carbocycles. The molecule has 0 unspecified atom stereocenters. The molecular weight excluding hydrogens is 265 g/mol. The van der Waals surface area contributed by atoms with Crippen LogP contribution in [0.5, 0.6) is 5.75 Å². The Balaban J connectivity index is 3.34. The maximum absolute atomic E-state index is 12.4. The van der Waals surface area contributed by atoms with Gasteiger partial charge in [-0.25, -0.2) is 9.78 Å². The first-order chi connectivity index (χ1) is 8.80. The highest BCUT2D eigenvalue weighted by Gasteiger charge is 2.35. The quantitative estimate of drug-likeness (QED) is 0.852. The van der Waals surface area contributed by atoms with Crippen molar-refractivity contribution in [1.82, 2.24) is 4.98 Å². The molecule has 0 amide bonds. The van der Waals surface area contributed by atoms with Crippen molar-refractivity contribution in [2.45, 2.75) is 26.8 Å². The van der Waals surface area contributed by atoms with Crippen LogP contribution in [0.1, 0.15) is 28.5 Å². The number of hydrogen-bond donors (Lipinski definition) is 1. The molecule has 1 aromatic rings.